The molecule has 3 N–H and O–H groups in total. The van der Waals surface area contributed by atoms with Crippen molar-refractivity contribution in [3.8, 4) is 0 Å². The first-order chi connectivity index (χ1) is 9.43. The van der Waals surface area contributed by atoms with Gasteiger partial charge in [-0.25, -0.2) is 14.0 Å². The lowest BCUT2D eigenvalue weighted by Gasteiger charge is -2.13. The lowest BCUT2D eigenvalue weighted by molar-refractivity contribution is -0.139. The van der Waals surface area contributed by atoms with E-state index in [9.17, 15) is 14.0 Å². The summed E-state index contributed by atoms with van der Waals surface area (Å²) in [6.07, 6.45) is 1.52. The van der Waals surface area contributed by atoms with Gasteiger partial charge in [0.1, 0.15) is 11.9 Å². The number of benzene rings is 1. The van der Waals surface area contributed by atoms with Crippen LogP contribution in [0.1, 0.15) is 12.0 Å². The first-order valence-corrected chi connectivity index (χ1v) is 6.14. The van der Waals surface area contributed by atoms with Crippen LogP contribution >= 0.6 is 11.6 Å². The SMILES string of the molecule is C=CCC(NC(=O)NCc1ccc(F)c(Cl)c1)C(=O)O. The van der Waals surface area contributed by atoms with Crippen molar-refractivity contribution in [2.45, 2.75) is 19.0 Å². The van der Waals surface area contributed by atoms with Gasteiger partial charge < -0.3 is 15.7 Å². The Kier molecular flexibility index (Phi) is 5.99. The van der Waals surface area contributed by atoms with Crippen LogP contribution in [0, 0.1) is 5.82 Å². The van der Waals surface area contributed by atoms with Crippen LogP contribution in [0.3, 0.4) is 0 Å². The molecule has 108 valence electrons. The van der Waals surface area contributed by atoms with Crippen LogP contribution in [-0.4, -0.2) is 23.1 Å². The van der Waals surface area contributed by atoms with E-state index in [1.165, 1.54) is 24.3 Å². The standard InChI is InChI=1S/C13H14ClFN2O3/c1-2-3-11(12(18)19)17-13(20)16-7-8-4-5-10(15)9(14)6-8/h2,4-6,11H,1,3,7H2,(H,18,19)(H2,16,17,20). The Morgan fingerprint density at radius 3 is 2.75 bits per heavy atom. The number of carbonyl (C=O) groups excluding carboxylic acids is 1. The van der Waals surface area contributed by atoms with Gasteiger partial charge in [-0.2, -0.15) is 0 Å². The minimum absolute atomic E-state index is 0.0419. The molecule has 1 atom stereocenters. The molecule has 2 amide bonds. The van der Waals surface area contributed by atoms with Crippen LogP contribution < -0.4 is 10.6 Å². The van der Waals surface area contributed by atoms with E-state index in [1.54, 1.807) is 0 Å². The van der Waals surface area contributed by atoms with E-state index in [-0.39, 0.29) is 18.0 Å². The van der Waals surface area contributed by atoms with Crippen LogP contribution in [0.2, 0.25) is 5.02 Å². The minimum atomic E-state index is -1.15. The molecule has 1 rings (SSSR count). The third-order valence-electron chi connectivity index (χ3n) is 2.44. The van der Waals surface area contributed by atoms with E-state index in [4.69, 9.17) is 16.7 Å². The highest BCUT2D eigenvalue weighted by Gasteiger charge is 2.17. The van der Waals surface area contributed by atoms with Crippen molar-refractivity contribution in [1.29, 1.82) is 0 Å². The summed E-state index contributed by atoms with van der Waals surface area (Å²) >= 11 is 5.60. The minimum Gasteiger partial charge on any atom is -0.480 e. The fourth-order valence-corrected chi connectivity index (χ4v) is 1.63. The van der Waals surface area contributed by atoms with Gasteiger partial charge in [-0.15, -0.1) is 6.58 Å². The molecule has 0 aliphatic heterocycles. The molecule has 0 spiro atoms. The fraction of sp³-hybridized carbons (Fsp3) is 0.231. The van der Waals surface area contributed by atoms with Gasteiger partial charge in [-0.05, 0) is 24.1 Å². The van der Waals surface area contributed by atoms with Crippen molar-refractivity contribution in [2.75, 3.05) is 0 Å². The van der Waals surface area contributed by atoms with E-state index >= 15 is 0 Å². The lowest BCUT2D eigenvalue weighted by Crippen LogP contribution is -2.45. The molecule has 20 heavy (non-hydrogen) atoms. The summed E-state index contributed by atoms with van der Waals surface area (Å²) in [5.74, 6) is -1.69. The molecule has 1 unspecified atom stereocenters. The summed E-state index contributed by atoms with van der Waals surface area (Å²) in [7, 11) is 0. The van der Waals surface area contributed by atoms with Gasteiger partial charge in [-0.1, -0.05) is 23.7 Å². The number of nitrogens with one attached hydrogen (secondary N) is 2. The number of urea groups is 1. The normalized spacial score (nSPS) is 11.5. The molecule has 1 aromatic rings. The Balaban J connectivity index is 2.52. The maximum Gasteiger partial charge on any atom is 0.326 e. The Bertz CT molecular complexity index is 522. The van der Waals surface area contributed by atoms with Crippen LogP contribution in [0.15, 0.2) is 30.9 Å². The van der Waals surface area contributed by atoms with Crippen molar-refractivity contribution >= 4 is 23.6 Å². The molecule has 0 aliphatic rings. The quantitative estimate of drug-likeness (QED) is 0.705. The highest BCUT2D eigenvalue weighted by Crippen LogP contribution is 2.15. The maximum absolute atomic E-state index is 12.9. The van der Waals surface area contributed by atoms with Gasteiger partial charge in [0.15, 0.2) is 0 Å². The number of halogens is 2. The number of hydrogen-bond donors (Lipinski definition) is 3. The maximum atomic E-state index is 12.9. The predicted molar refractivity (Wildman–Crippen MR) is 73.0 cm³/mol. The van der Waals surface area contributed by atoms with Crippen molar-refractivity contribution in [3.05, 3.63) is 47.3 Å². The molecule has 0 aromatic heterocycles. The number of carboxylic acid groups (broad SMARTS) is 1. The van der Waals surface area contributed by atoms with E-state index in [0.29, 0.717) is 5.56 Å². The van der Waals surface area contributed by atoms with Crippen molar-refractivity contribution in [1.82, 2.24) is 10.6 Å². The average Bonchev–Trinajstić information content (AvgIpc) is 2.39. The molecule has 0 fully saturated rings. The van der Waals surface area contributed by atoms with Crippen LogP contribution in [-0.2, 0) is 11.3 Å². The third kappa shape index (κ3) is 4.89. The van der Waals surface area contributed by atoms with Crippen LogP contribution in [0.4, 0.5) is 9.18 Å². The Labute approximate surface area is 120 Å². The topological polar surface area (TPSA) is 78.4 Å². The molecule has 7 heteroatoms. The number of hydrogen-bond acceptors (Lipinski definition) is 2. The van der Waals surface area contributed by atoms with E-state index in [0.717, 1.165) is 0 Å². The van der Waals surface area contributed by atoms with Crippen LogP contribution in [0.5, 0.6) is 0 Å². The second-order valence-electron chi connectivity index (χ2n) is 3.99. The number of rotatable bonds is 6. The largest absolute Gasteiger partial charge is 0.480 e. The summed E-state index contributed by atoms with van der Waals surface area (Å²) < 4.78 is 12.9. The molecular formula is C13H14ClFN2O3. The predicted octanol–water partition coefficient (Wildman–Crippen LogP) is 2.31. The summed E-state index contributed by atoms with van der Waals surface area (Å²) in [6.45, 7) is 3.52. The average molecular weight is 301 g/mol. The van der Waals surface area contributed by atoms with E-state index in [1.807, 2.05) is 0 Å². The molecule has 5 nitrogen and oxygen atoms in total. The summed E-state index contributed by atoms with van der Waals surface area (Å²) in [6, 6.07) is 2.37. The Morgan fingerprint density at radius 2 is 2.20 bits per heavy atom. The molecule has 1 aromatic carbocycles. The molecule has 0 saturated heterocycles. The van der Waals surface area contributed by atoms with Crippen molar-refractivity contribution in [2.24, 2.45) is 0 Å². The zero-order valence-corrected chi connectivity index (χ0v) is 11.3. The number of carboxylic acids is 1. The summed E-state index contributed by atoms with van der Waals surface area (Å²) in [4.78, 5) is 22.4. The number of aliphatic carboxylic acids is 1. The van der Waals surface area contributed by atoms with Gasteiger partial charge in [-0.3, -0.25) is 0 Å². The third-order valence-corrected chi connectivity index (χ3v) is 2.73. The van der Waals surface area contributed by atoms with Gasteiger partial charge in [0.05, 0.1) is 5.02 Å². The number of amides is 2. The van der Waals surface area contributed by atoms with Crippen molar-refractivity contribution in [3.63, 3.8) is 0 Å². The van der Waals surface area contributed by atoms with Crippen LogP contribution in [0.25, 0.3) is 0 Å². The monoisotopic (exact) mass is 300 g/mol. The highest BCUT2D eigenvalue weighted by atomic mass is 35.5. The second-order valence-corrected chi connectivity index (χ2v) is 4.40. The first-order valence-electron chi connectivity index (χ1n) is 5.76. The molecule has 0 saturated carbocycles. The molecule has 0 heterocycles. The Hall–Kier alpha value is -2.08. The molecular weight excluding hydrogens is 287 g/mol. The highest BCUT2D eigenvalue weighted by molar-refractivity contribution is 6.30. The zero-order valence-electron chi connectivity index (χ0n) is 10.5. The van der Waals surface area contributed by atoms with E-state index < -0.39 is 23.9 Å². The smallest absolute Gasteiger partial charge is 0.326 e. The number of carbonyl (C=O) groups is 2. The van der Waals surface area contributed by atoms with Gasteiger partial charge >= 0.3 is 12.0 Å². The second kappa shape index (κ2) is 7.49. The summed E-state index contributed by atoms with van der Waals surface area (Å²) in [5.41, 5.74) is 0.599. The fourth-order valence-electron chi connectivity index (χ4n) is 1.43. The van der Waals surface area contributed by atoms with Gasteiger partial charge in [0, 0.05) is 6.54 Å². The summed E-state index contributed by atoms with van der Waals surface area (Å²) in [5, 5.41) is 13.6. The lowest BCUT2D eigenvalue weighted by atomic mass is 10.2. The van der Waals surface area contributed by atoms with Crippen molar-refractivity contribution < 1.29 is 19.1 Å². The van der Waals surface area contributed by atoms with Gasteiger partial charge in [0.25, 0.3) is 0 Å². The zero-order chi connectivity index (χ0) is 15.1. The molecule has 0 radical (unpaired) electrons. The van der Waals surface area contributed by atoms with Gasteiger partial charge in [0.2, 0.25) is 0 Å². The Morgan fingerprint density at radius 1 is 1.50 bits per heavy atom. The van der Waals surface area contributed by atoms with E-state index in [2.05, 4.69) is 17.2 Å². The molecule has 0 bridgehead atoms. The molecule has 0 aliphatic carbocycles. The first kappa shape index (κ1) is 16.0.